The van der Waals surface area contributed by atoms with E-state index in [0.717, 1.165) is 42.5 Å². The maximum atomic E-state index is 12.9. The van der Waals surface area contributed by atoms with Gasteiger partial charge in [0.2, 0.25) is 5.82 Å². The smallest absolute Gasteiger partial charge is 0.291 e. The fraction of sp³-hybridized carbons (Fsp3) is 0.368. The Labute approximate surface area is 157 Å². The number of para-hydroxylation sites is 1. The van der Waals surface area contributed by atoms with Crippen molar-refractivity contribution in [1.29, 1.82) is 0 Å². The number of anilines is 2. The number of aryl methyl sites for hydroxylation is 1. The summed E-state index contributed by atoms with van der Waals surface area (Å²) < 4.78 is 0. The van der Waals surface area contributed by atoms with Gasteiger partial charge in [-0.2, -0.15) is 5.10 Å². The molecular weight excluding hydrogens is 342 g/mol. The standard InChI is InChI=1S/C19H23N7O/c1-2-5-13-12-16(25-24-13)22-17-14-6-3-4-7-15(14)21-18(23-17)19(27)26-10-8-20-9-11-26/h3-4,6-7,12,20H,2,5,8-11H2,1H3,(H2,21,22,23,24,25). The van der Waals surface area contributed by atoms with E-state index in [1.54, 1.807) is 4.90 Å². The number of benzene rings is 1. The molecular formula is C19H23N7O. The minimum Gasteiger partial charge on any atom is -0.333 e. The van der Waals surface area contributed by atoms with Crippen LogP contribution in [0.4, 0.5) is 11.6 Å². The highest BCUT2D eigenvalue weighted by Gasteiger charge is 2.22. The highest BCUT2D eigenvalue weighted by atomic mass is 16.2. The number of nitrogens with one attached hydrogen (secondary N) is 3. The van der Waals surface area contributed by atoms with Crippen LogP contribution in [0.15, 0.2) is 30.3 Å². The van der Waals surface area contributed by atoms with E-state index in [9.17, 15) is 4.79 Å². The first-order valence-electron chi connectivity index (χ1n) is 9.32. The van der Waals surface area contributed by atoms with Gasteiger partial charge in [0.05, 0.1) is 5.52 Å². The zero-order valence-electron chi connectivity index (χ0n) is 15.3. The average Bonchev–Trinajstić information content (AvgIpc) is 3.15. The number of carbonyl (C=O) groups excluding carboxylic acids is 1. The highest BCUT2D eigenvalue weighted by Crippen LogP contribution is 2.24. The molecule has 0 atom stereocenters. The lowest BCUT2D eigenvalue weighted by molar-refractivity contribution is 0.0724. The number of hydrogen-bond donors (Lipinski definition) is 3. The summed E-state index contributed by atoms with van der Waals surface area (Å²) in [6, 6.07) is 9.64. The number of amides is 1. The number of nitrogens with zero attached hydrogens (tertiary/aromatic N) is 4. The summed E-state index contributed by atoms with van der Waals surface area (Å²) in [7, 11) is 0. The molecule has 0 radical (unpaired) electrons. The summed E-state index contributed by atoms with van der Waals surface area (Å²) in [5.41, 5.74) is 1.80. The number of fused-ring (bicyclic) bond motifs is 1. The highest BCUT2D eigenvalue weighted by molar-refractivity contribution is 5.97. The van der Waals surface area contributed by atoms with Crippen molar-refractivity contribution >= 4 is 28.4 Å². The van der Waals surface area contributed by atoms with Crippen LogP contribution in [-0.2, 0) is 6.42 Å². The number of H-pyrrole nitrogens is 1. The van der Waals surface area contributed by atoms with Crippen LogP contribution in [0.2, 0.25) is 0 Å². The zero-order valence-corrected chi connectivity index (χ0v) is 15.3. The molecule has 1 amide bonds. The average molecular weight is 365 g/mol. The number of aromatic amines is 1. The Morgan fingerprint density at radius 1 is 1.22 bits per heavy atom. The molecule has 0 bridgehead atoms. The molecule has 1 aromatic carbocycles. The second-order valence-electron chi connectivity index (χ2n) is 6.61. The molecule has 1 aliphatic heterocycles. The van der Waals surface area contributed by atoms with Crippen molar-refractivity contribution < 1.29 is 4.79 Å². The minimum absolute atomic E-state index is 0.140. The van der Waals surface area contributed by atoms with Gasteiger partial charge >= 0.3 is 0 Å². The molecule has 0 spiro atoms. The van der Waals surface area contributed by atoms with E-state index in [0.29, 0.717) is 24.7 Å². The Morgan fingerprint density at radius 2 is 2.04 bits per heavy atom. The Hall–Kier alpha value is -3.00. The second-order valence-corrected chi connectivity index (χ2v) is 6.61. The van der Waals surface area contributed by atoms with Gasteiger partial charge in [-0.25, -0.2) is 9.97 Å². The van der Waals surface area contributed by atoms with Crippen molar-refractivity contribution in [3.05, 3.63) is 41.9 Å². The Bertz CT molecular complexity index is 946. The molecule has 3 N–H and O–H groups in total. The number of aromatic nitrogens is 4. The van der Waals surface area contributed by atoms with E-state index in [1.165, 1.54) is 0 Å². The number of carbonyl (C=O) groups is 1. The fourth-order valence-electron chi connectivity index (χ4n) is 3.22. The van der Waals surface area contributed by atoms with E-state index >= 15 is 0 Å². The van der Waals surface area contributed by atoms with E-state index in [-0.39, 0.29) is 11.7 Å². The molecule has 27 heavy (non-hydrogen) atoms. The van der Waals surface area contributed by atoms with Gasteiger partial charge in [-0.3, -0.25) is 9.89 Å². The normalized spacial score (nSPS) is 14.5. The maximum Gasteiger partial charge on any atom is 0.291 e. The van der Waals surface area contributed by atoms with Crippen molar-refractivity contribution in [2.45, 2.75) is 19.8 Å². The van der Waals surface area contributed by atoms with Crippen LogP contribution in [0.5, 0.6) is 0 Å². The van der Waals surface area contributed by atoms with Gasteiger partial charge in [-0.1, -0.05) is 25.5 Å². The molecule has 1 aliphatic rings. The second kappa shape index (κ2) is 7.71. The third-order valence-electron chi connectivity index (χ3n) is 4.60. The van der Waals surface area contributed by atoms with Crippen LogP contribution < -0.4 is 10.6 Å². The van der Waals surface area contributed by atoms with Crippen molar-refractivity contribution in [2.75, 3.05) is 31.5 Å². The SMILES string of the molecule is CCCc1cc(Nc2nc(C(=O)N3CCNCC3)nc3ccccc23)n[nH]1. The fourth-order valence-corrected chi connectivity index (χ4v) is 3.22. The van der Waals surface area contributed by atoms with Gasteiger partial charge in [0, 0.05) is 43.3 Å². The van der Waals surface area contributed by atoms with Gasteiger partial charge in [0.15, 0.2) is 5.82 Å². The quantitative estimate of drug-likeness (QED) is 0.640. The Morgan fingerprint density at radius 3 is 2.85 bits per heavy atom. The molecule has 8 nitrogen and oxygen atoms in total. The van der Waals surface area contributed by atoms with Crippen LogP contribution >= 0.6 is 0 Å². The van der Waals surface area contributed by atoms with Crippen LogP contribution in [0.1, 0.15) is 29.7 Å². The van der Waals surface area contributed by atoms with Gasteiger partial charge < -0.3 is 15.5 Å². The number of hydrogen-bond acceptors (Lipinski definition) is 6. The first kappa shape index (κ1) is 17.4. The zero-order chi connectivity index (χ0) is 18.6. The summed E-state index contributed by atoms with van der Waals surface area (Å²) in [6.07, 6.45) is 1.98. The molecule has 3 heterocycles. The topological polar surface area (TPSA) is 98.8 Å². The van der Waals surface area contributed by atoms with E-state index in [1.807, 2.05) is 30.3 Å². The third-order valence-corrected chi connectivity index (χ3v) is 4.60. The first-order chi connectivity index (χ1) is 13.2. The molecule has 1 fully saturated rings. The first-order valence-corrected chi connectivity index (χ1v) is 9.32. The lowest BCUT2D eigenvalue weighted by atomic mass is 10.2. The van der Waals surface area contributed by atoms with E-state index < -0.39 is 0 Å². The molecule has 8 heteroatoms. The summed E-state index contributed by atoms with van der Waals surface area (Å²) >= 11 is 0. The summed E-state index contributed by atoms with van der Waals surface area (Å²) in [5.74, 6) is 1.35. The van der Waals surface area contributed by atoms with Crippen LogP contribution in [0.3, 0.4) is 0 Å². The molecule has 0 unspecified atom stereocenters. The van der Waals surface area contributed by atoms with Gasteiger partial charge in [-0.15, -0.1) is 0 Å². The molecule has 0 saturated carbocycles. The van der Waals surface area contributed by atoms with Gasteiger partial charge in [0.25, 0.3) is 5.91 Å². The summed E-state index contributed by atoms with van der Waals surface area (Å²) in [4.78, 5) is 23.7. The molecule has 3 aromatic rings. The van der Waals surface area contributed by atoms with Crippen molar-refractivity contribution in [1.82, 2.24) is 30.4 Å². The Balaban J connectivity index is 1.68. The molecule has 2 aromatic heterocycles. The minimum atomic E-state index is -0.140. The third kappa shape index (κ3) is 3.75. The predicted molar refractivity (Wildman–Crippen MR) is 104 cm³/mol. The predicted octanol–water partition coefficient (Wildman–Crippen LogP) is 2.09. The summed E-state index contributed by atoms with van der Waals surface area (Å²) in [5, 5.41) is 14.7. The molecule has 4 rings (SSSR count). The van der Waals surface area contributed by atoms with Crippen molar-refractivity contribution in [3.63, 3.8) is 0 Å². The maximum absolute atomic E-state index is 12.9. The van der Waals surface area contributed by atoms with Gasteiger partial charge in [-0.05, 0) is 18.6 Å². The van der Waals surface area contributed by atoms with E-state index in [4.69, 9.17) is 0 Å². The van der Waals surface area contributed by atoms with Gasteiger partial charge in [0.1, 0.15) is 5.82 Å². The number of piperazine rings is 1. The number of rotatable bonds is 5. The van der Waals surface area contributed by atoms with Crippen LogP contribution in [-0.4, -0.2) is 57.2 Å². The van der Waals surface area contributed by atoms with Crippen LogP contribution in [0.25, 0.3) is 10.9 Å². The molecule has 1 saturated heterocycles. The summed E-state index contributed by atoms with van der Waals surface area (Å²) in [6.45, 7) is 5.03. The van der Waals surface area contributed by atoms with E-state index in [2.05, 4.69) is 37.7 Å². The molecule has 0 aliphatic carbocycles. The Kier molecular flexibility index (Phi) is 4.97. The monoisotopic (exact) mass is 365 g/mol. The largest absolute Gasteiger partial charge is 0.333 e. The van der Waals surface area contributed by atoms with Crippen molar-refractivity contribution in [2.24, 2.45) is 0 Å². The molecule has 140 valence electrons. The van der Waals surface area contributed by atoms with Crippen molar-refractivity contribution in [3.8, 4) is 0 Å². The lowest BCUT2D eigenvalue weighted by Gasteiger charge is -2.26. The lowest BCUT2D eigenvalue weighted by Crippen LogP contribution is -2.46. The van der Waals surface area contributed by atoms with Crippen LogP contribution in [0, 0.1) is 0 Å².